The van der Waals surface area contributed by atoms with Gasteiger partial charge < -0.3 is 0 Å². The van der Waals surface area contributed by atoms with Gasteiger partial charge >= 0.3 is 6.18 Å². The normalized spacial score (nSPS) is 11.3. The van der Waals surface area contributed by atoms with Crippen molar-refractivity contribution < 1.29 is 13.2 Å². The third kappa shape index (κ3) is 2.43. The van der Waals surface area contributed by atoms with Crippen LogP contribution in [0.25, 0.3) is 5.82 Å². The summed E-state index contributed by atoms with van der Waals surface area (Å²) in [7, 11) is 0. The van der Waals surface area contributed by atoms with Gasteiger partial charge in [0.2, 0.25) is 0 Å². The van der Waals surface area contributed by atoms with E-state index in [0.717, 1.165) is 10.9 Å². The van der Waals surface area contributed by atoms with Gasteiger partial charge in [-0.25, -0.2) is 9.67 Å². The van der Waals surface area contributed by atoms with Crippen molar-refractivity contribution in [1.82, 2.24) is 14.8 Å². The van der Waals surface area contributed by atoms with E-state index in [1.54, 1.807) is 0 Å². The largest absolute Gasteiger partial charge is 0.419 e. The van der Waals surface area contributed by atoms with E-state index in [1.807, 2.05) is 6.07 Å². The number of pyridine rings is 1. The van der Waals surface area contributed by atoms with E-state index < -0.39 is 11.7 Å². The molecule has 0 aliphatic heterocycles. The lowest BCUT2D eigenvalue weighted by atomic mass is 10.3. The van der Waals surface area contributed by atoms with E-state index in [-0.39, 0.29) is 16.5 Å². The van der Waals surface area contributed by atoms with Crippen LogP contribution in [0.4, 0.5) is 13.2 Å². The number of nitriles is 1. The Morgan fingerprint density at radius 2 is 2.06 bits per heavy atom. The van der Waals surface area contributed by atoms with Crippen molar-refractivity contribution >= 4 is 11.6 Å². The van der Waals surface area contributed by atoms with Gasteiger partial charge in [-0.2, -0.15) is 23.5 Å². The molecule has 0 fully saturated rings. The van der Waals surface area contributed by atoms with Crippen LogP contribution in [-0.4, -0.2) is 14.8 Å². The maximum Gasteiger partial charge on any atom is 0.419 e. The summed E-state index contributed by atoms with van der Waals surface area (Å²) in [6.45, 7) is 0. The Labute approximate surface area is 104 Å². The van der Waals surface area contributed by atoms with Crippen molar-refractivity contribution in [1.29, 1.82) is 5.26 Å². The number of hydrogen-bond donors (Lipinski definition) is 0. The van der Waals surface area contributed by atoms with Crippen LogP contribution in [0, 0.1) is 11.3 Å². The summed E-state index contributed by atoms with van der Waals surface area (Å²) in [4.78, 5) is 3.79. The molecule has 8 heteroatoms. The van der Waals surface area contributed by atoms with Crippen molar-refractivity contribution in [2.75, 3.05) is 0 Å². The highest BCUT2D eigenvalue weighted by Gasteiger charge is 2.32. The predicted octanol–water partition coefficient (Wildman–Crippen LogP) is 2.81. The van der Waals surface area contributed by atoms with Crippen molar-refractivity contribution in [3.63, 3.8) is 0 Å². The second kappa shape index (κ2) is 4.31. The zero-order valence-electron chi connectivity index (χ0n) is 8.61. The van der Waals surface area contributed by atoms with E-state index in [2.05, 4.69) is 10.1 Å². The number of hydrogen-bond acceptors (Lipinski definition) is 3. The maximum absolute atomic E-state index is 12.4. The highest BCUT2D eigenvalue weighted by molar-refractivity contribution is 6.29. The quantitative estimate of drug-likeness (QED) is 0.750. The van der Waals surface area contributed by atoms with E-state index in [4.69, 9.17) is 16.9 Å². The van der Waals surface area contributed by atoms with Crippen LogP contribution < -0.4 is 0 Å². The first kappa shape index (κ1) is 12.4. The van der Waals surface area contributed by atoms with Crippen LogP contribution in [-0.2, 0) is 6.18 Å². The molecule has 18 heavy (non-hydrogen) atoms. The minimum atomic E-state index is -4.48. The Morgan fingerprint density at radius 3 is 2.61 bits per heavy atom. The fourth-order valence-electron chi connectivity index (χ4n) is 1.26. The molecule has 0 saturated carbocycles. The van der Waals surface area contributed by atoms with Crippen molar-refractivity contribution in [2.45, 2.75) is 6.18 Å². The van der Waals surface area contributed by atoms with Gasteiger partial charge in [0, 0.05) is 12.3 Å². The van der Waals surface area contributed by atoms with E-state index in [1.165, 1.54) is 12.1 Å². The summed E-state index contributed by atoms with van der Waals surface area (Å²) >= 11 is 5.65. The highest BCUT2D eigenvalue weighted by atomic mass is 35.5. The van der Waals surface area contributed by atoms with Crippen molar-refractivity contribution in [2.24, 2.45) is 0 Å². The number of rotatable bonds is 1. The summed E-state index contributed by atoms with van der Waals surface area (Å²) in [6, 6.07) is 4.42. The van der Waals surface area contributed by atoms with E-state index in [9.17, 15) is 13.2 Å². The number of halogens is 4. The van der Waals surface area contributed by atoms with Crippen molar-refractivity contribution in [3.05, 3.63) is 40.8 Å². The standard InChI is InChI=1S/C10H4ClF3N4/c11-8-1-6(3-15)2-9(17-8)18-5-7(4-16-18)10(12,13)14/h1-2,4-5H. The minimum Gasteiger partial charge on any atom is -0.222 e. The lowest BCUT2D eigenvalue weighted by Gasteiger charge is -2.02. The molecular weight excluding hydrogens is 269 g/mol. The third-order valence-corrected chi connectivity index (χ3v) is 2.25. The first-order valence-electron chi connectivity index (χ1n) is 4.60. The van der Waals surface area contributed by atoms with Gasteiger partial charge in [0.25, 0.3) is 0 Å². The van der Waals surface area contributed by atoms with Crippen LogP contribution in [0.15, 0.2) is 24.5 Å². The summed E-state index contributed by atoms with van der Waals surface area (Å²) in [5.74, 6) is 0.0505. The summed E-state index contributed by atoms with van der Waals surface area (Å²) in [6.07, 6.45) is -3.02. The van der Waals surface area contributed by atoms with Gasteiger partial charge in [-0.3, -0.25) is 0 Å². The zero-order chi connectivity index (χ0) is 13.3. The molecule has 2 rings (SSSR count). The highest BCUT2D eigenvalue weighted by Crippen LogP contribution is 2.29. The van der Waals surface area contributed by atoms with Crippen LogP contribution in [0.5, 0.6) is 0 Å². The van der Waals surface area contributed by atoms with Crippen LogP contribution in [0.3, 0.4) is 0 Å². The molecule has 0 aliphatic carbocycles. The Balaban J connectivity index is 2.47. The Hall–Kier alpha value is -2.07. The first-order chi connectivity index (χ1) is 8.40. The Bertz CT molecular complexity index is 627. The van der Waals surface area contributed by atoms with Crippen LogP contribution in [0.1, 0.15) is 11.1 Å². The van der Waals surface area contributed by atoms with Crippen molar-refractivity contribution in [3.8, 4) is 11.9 Å². The lowest BCUT2D eigenvalue weighted by Crippen LogP contribution is -2.03. The second-order valence-corrected chi connectivity index (χ2v) is 3.71. The first-order valence-corrected chi connectivity index (χ1v) is 4.98. The van der Waals surface area contributed by atoms with Gasteiger partial charge in [0.15, 0.2) is 5.82 Å². The molecule has 0 atom stereocenters. The molecule has 0 bridgehead atoms. The minimum absolute atomic E-state index is 0.00751. The third-order valence-electron chi connectivity index (χ3n) is 2.05. The topological polar surface area (TPSA) is 54.5 Å². The molecule has 2 heterocycles. The molecule has 0 aromatic carbocycles. The van der Waals surface area contributed by atoms with E-state index >= 15 is 0 Å². The van der Waals surface area contributed by atoms with Crippen LogP contribution >= 0.6 is 11.6 Å². The lowest BCUT2D eigenvalue weighted by molar-refractivity contribution is -0.137. The van der Waals surface area contributed by atoms with Gasteiger partial charge in [-0.1, -0.05) is 11.6 Å². The molecule has 2 aromatic rings. The number of aromatic nitrogens is 3. The summed E-state index contributed by atoms with van der Waals surface area (Å²) in [5, 5.41) is 12.3. The zero-order valence-corrected chi connectivity index (χ0v) is 9.37. The fraction of sp³-hybridized carbons (Fsp3) is 0.100. The second-order valence-electron chi connectivity index (χ2n) is 3.32. The monoisotopic (exact) mass is 272 g/mol. The molecule has 0 unspecified atom stereocenters. The SMILES string of the molecule is N#Cc1cc(Cl)nc(-n2cc(C(F)(F)F)cn2)c1. The average molecular weight is 273 g/mol. The van der Waals surface area contributed by atoms with Crippen LogP contribution in [0.2, 0.25) is 5.15 Å². The molecule has 0 saturated heterocycles. The predicted molar refractivity (Wildman–Crippen MR) is 56.1 cm³/mol. The number of nitrogens with zero attached hydrogens (tertiary/aromatic N) is 4. The molecule has 0 radical (unpaired) electrons. The summed E-state index contributed by atoms with van der Waals surface area (Å²) in [5.41, 5.74) is -0.711. The smallest absolute Gasteiger partial charge is 0.222 e. The molecule has 0 N–H and O–H groups in total. The number of alkyl halides is 3. The maximum atomic E-state index is 12.4. The van der Waals surface area contributed by atoms with Gasteiger partial charge in [0.05, 0.1) is 23.4 Å². The molecule has 92 valence electrons. The fourth-order valence-corrected chi connectivity index (χ4v) is 1.46. The van der Waals surface area contributed by atoms with E-state index in [0.29, 0.717) is 6.20 Å². The molecule has 0 aliphatic rings. The molecular formula is C10H4ClF3N4. The average Bonchev–Trinajstić information content (AvgIpc) is 2.77. The van der Waals surface area contributed by atoms with Gasteiger partial charge in [-0.15, -0.1) is 0 Å². The molecule has 4 nitrogen and oxygen atoms in total. The Morgan fingerprint density at radius 1 is 1.33 bits per heavy atom. The Kier molecular flexibility index (Phi) is 2.97. The van der Waals surface area contributed by atoms with Gasteiger partial charge in [0.1, 0.15) is 5.15 Å². The van der Waals surface area contributed by atoms with Gasteiger partial charge in [-0.05, 0) is 6.07 Å². The molecule has 0 amide bonds. The summed E-state index contributed by atoms with van der Waals surface area (Å²) < 4.78 is 38.1. The molecule has 2 aromatic heterocycles. The molecule has 0 spiro atoms.